The summed E-state index contributed by atoms with van der Waals surface area (Å²) in [6, 6.07) is 24.0. The van der Waals surface area contributed by atoms with Crippen molar-refractivity contribution in [2.45, 2.75) is 32.9 Å². The highest BCUT2D eigenvalue weighted by Crippen LogP contribution is 2.40. The van der Waals surface area contributed by atoms with Gasteiger partial charge in [-0.2, -0.15) is 0 Å². The summed E-state index contributed by atoms with van der Waals surface area (Å²) in [6.45, 7) is 7.02. The number of para-hydroxylation sites is 1. The van der Waals surface area contributed by atoms with Crippen LogP contribution >= 0.6 is 11.8 Å². The molecule has 2 aliphatic rings. The Hall–Kier alpha value is -3.77. The fourth-order valence-electron chi connectivity index (χ4n) is 4.68. The van der Waals surface area contributed by atoms with Crippen LogP contribution in [0.5, 0.6) is 5.75 Å². The molecule has 0 spiro atoms. The van der Waals surface area contributed by atoms with Gasteiger partial charge in [0.1, 0.15) is 5.75 Å². The minimum absolute atomic E-state index is 0.0426. The van der Waals surface area contributed by atoms with Crippen LogP contribution in [0.15, 0.2) is 88.8 Å². The number of likely N-dealkylation sites (N-methyl/N-ethyl adjacent to an activating group) is 1. The van der Waals surface area contributed by atoms with Crippen LogP contribution in [0.2, 0.25) is 0 Å². The van der Waals surface area contributed by atoms with E-state index in [4.69, 9.17) is 9.73 Å². The van der Waals surface area contributed by atoms with Gasteiger partial charge in [-0.3, -0.25) is 9.69 Å². The number of hydrogen-bond donors (Lipinski definition) is 0. The lowest BCUT2D eigenvalue weighted by molar-refractivity contribution is -0.122. The van der Waals surface area contributed by atoms with E-state index in [-0.39, 0.29) is 11.4 Å². The lowest BCUT2D eigenvalue weighted by Gasteiger charge is -2.40. The summed E-state index contributed by atoms with van der Waals surface area (Å²) >= 11 is 1.42. The number of methoxy groups -OCH3 is 1. The largest absolute Gasteiger partial charge is 0.497 e. The monoisotopic (exact) mass is 509 g/mol. The van der Waals surface area contributed by atoms with Crippen LogP contribution in [-0.2, 0) is 11.3 Å². The minimum Gasteiger partial charge on any atom is -0.497 e. The second kappa shape index (κ2) is 9.94. The van der Waals surface area contributed by atoms with Gasteiger partial charge < -0.3 is 9.64 Å². The standard InChI is InChI=1S/C31H31N3O2S/c1-21-19-31(2,3)33(4)27-16-13-23(17-26(21)27)18-28-29(35)34(20-22-11-14-25(36-5)15-12-22)30(37-28)32-24-9-7-6-8-10-24/h6-19H,20H2,1-5H3/b28-18+,32-30?. The Morgan fingerprint density at radius 1 is 1.03 bits per heavy atom. The number of thioether (sulfide) groups is 1. The Labute approximate surface area is 223 Å². The number of hydrogen-bond acceptors (Lipinski definition) is 5. The van der Waals surface area contributed by atoms with Gasteiger partial charge in [0, 0.05) is 18.3 Å². The quantitative estimate of drug-likeness (QED) is 0.343. The van der Waals surface area contributed by atoms with Crippen LogP contribution in [0.25, 0.3) is 11.6 Å². The maximum Gasteiger partial charge on any atom is 0.267 e. The molecule has 2 heterocycles. The molecule has 6 heteroatoms. The summed E-state index contributed by atoms with van der Waals surface area (Å²) < 4.78 is 5.28. The Balaban J connectivity index is 1.49. The first kappa shape index (κ1) is 24.9. The molecule has 188 valence electrons. The van der Waals surface area contributed by atoms with Crippen LogP contribution in [0.3, 0.4) is 0 Å². The van der Waals surface area contributed by atoms with E-state index >= 15 is 0 Å². The maximum absolute atomic E-state index is 13.6. The lowest BCUT2D eigenvalue weighted by atomic mass is 9.88. The zero-order valence-corrected chi connectivity index (χ0v) is 22.7. The summed E-state index contributed by atoms with van der Waals surface area (Å²) in [7, 11) is 3.77. The van der Waals surface area contributed by atoms with Gasteiger partial charge in [-0.15, -0.1) is 0 Å². The Morgan fingerprint density at radius 3 is 2.46 bits per heavy atom. The number of carbonyl (C=O) groups is 1. The number of anilines is 1. The number of rotatable bonds is 5. The first-order valence-corrected chi connectivity index (χ1v) is 13.1. The third kappa shape index (κ3) is 5.07. The molecule has 3 aromatic carbocycles. The molecule has 37 heavy (non-hydrogen) atoms. The molecule has 5 nitrogen and oxygen atoms in total. The molecule has 1 saturated heterocycles. The second-order valence-electron chi connectivity index (χ2n) is 9.90. The average molecular weight is 510 g/mol. The van der Waals surface area contributed by atoms with E-state index in [2.05, 4.69) is 57.0 Å². The van der Waals surface area contributed by atoms with Gasteiger partial charge >= 0.3 is 0 Å². The highest BCUT2D eigenvalue weighted by atomic mass is 32.2. The van der Waals surface area contributed by atoms with E-state index in [1.54, 1.807) is 12.0 Å². The number of benzene rings is 3. The third-order valence-corrected chi connectivity index (χ3v) is 7.91. The van der Waals surface area contributed by atoms with E-state index in [0.29, 0.717) is 16.6 Å². The highest BCUT2D eigenvalue weighted by molar-refractivity contribution is 8.18. The normalized spacial score (nSPS) is 18.8. The molecule has 0 radical (unpaired) electrons. The maximum atomic E-state index is 13.6. The van der Waals surface area contributed by atoms with Crippen LogP contribution in [-0.4, -0.2) is 35.7 Å². The Bertz CT molecular complexity index is 1420. The smallest absolute Gasteiger partial charge is 0.267 e. The summed E-state index contributed by atoms with van der Waals surface area (Å²) in [5.74, 6) is 0.745. The lowest BCUT2D eigenvalue weighted by Crippen LogP contribution is -2.42. The predicted molar refractivity (Wildman–Crippen MR) is 155 cm³/mol. The highest BCUT2D eigenvalue weighted by Gasteiger charge is 2.34. The van der Waals surface area contributed by atoms with E-state index in [1.807, 2.05) is 60.7 Å². The molecule has 1 fully saturated rings. The molecular formula is C31H31N3O2S. The number of allylic oxidation sites excluding steroid dienone is 1. The van der Waals surface area contributed by atoms with Crippen molar-refractivity contribution in [3.63, 3.8) is 0 Å². The predicted octanol–water partition coefficient (Wildman–Crippen LogP) is 7.13. The number of ether oxygens (including phenoxy) is 1. The zero-order chi connectivity index (χ0) is 26.2. The van der Waals surface area contributed by atoms with Crippen molar-refractivity contribution >= 4 is 45.9 Å². The first-order chi connectivity index (χ1) is 17.7. The molecular weight excluding hydrogens is 478 g/mol. The molecule has 0 saturated carbocycles. The van der Waals surface area contributed by atoms with Crippen molar-refractivity contribution < 1.29 is 9.53 Å². The van der Waals surface area contributed by atoms with Gasteiger partial charge in [0.2, 0.25) is 0 Å². The Morgan fingerprint density at radius 2 is 1.76 bits per heavy atom. The third-order valence-electron chi connectivity index (χ3n) is 6.91. The summed E-state index contributed by atoms with van der Waals surface area (Å²) in [5, 5.41) is 0.675. The molecule has 5 rings (SSSR count). The number of amidine groups is 1. The number of nitrogens with zero attached hydrogens (tertiary/aromatic N) is 3. The van der Waals surface area contributed by atoms with Gasteiger partial charge in [-0.25, -0.2) is 4.99 Å². The molecule has 0 atom stereocenters. The zero-order valence-electron chi connectivity index (χ0n) is 21.9. The van der Waals surface area contributed by atoms with Crippen LogP contribution in [0.4, 0.5) is 11.4 Å². The van der Waals surface area contributed by atoms with E-state index in [0.717, 1.165) is 22.6 Å². The fourth-order valence-corrected chi connectivity index (χ4v) is 5.67. The van der Waals surface area contributed by atoms with Crippen LogP contribution < -0.4 is 9.64 Å². The summed E-state index contributed by atoms with van der Waals surface area (Å²) in [5.41, 5.74) is 6.43. The van der Waals surface area contributed by atoms with Gasteiger partial charge in [-0.1, -0.05) is 42.5 Å². The van der Waals surface area contributed by atoms with Crippen molar-refractivity contribution in [1.29, 1.82) is 0 Å². The van der Waals surface area contributed by atoms with E-state index in [9.17, 15) is 4.79 Å². The van der Waals surface area contributed by atoms with Gasteiger partial charge in [-0.05, 0) is 91.7 Å². The molecule has 0 N–H and O–H groups in total. The van der Waals surface area contributed by atoms with Gasteiger partial charge in [0.25, 0.3) is 5.91 Å². The summed E-state index contributed by atoms with van der Waals surface area (Å²) in [6.07, 6.45) is 4.28. The SMILES string of the molecule is COc1ccc(CN2C(=O)/C(=C\c3ccc4c(c3)C(C)=CC(C)(C)N4C)SC2=Nc2ccccc2)cc1. The van der Waals surface area contributed by atoms with Crippen LogP contribution in [0.1, 0.15) is 37.5 Å². The first-order valence-electron chi connectivity index (χ1n) is 12.3. The average Bonchev–Trinajstić information content (AvgIpc) is 3.17. The molecule has 1 amide bonds. The number of carbonyl (C=O) groups excluding carboxylic acids is 1. The van der Waals surface area contributed by atoms with Crippen molar-refractivity contribution in [3.05, 3.63) is 100 Å². The number of amides is 1. The van der Waals surface area contributed by atoms with E-state index in [1.165, 1.54) is 28.6 Å². The van der Waals surface area contributed by atoms with Crippen molar-refractivity contribution in [2.24, 2.45) is 4.99 Å². The molecule has 0 bridgehead atoms. The Kier molecular flexibility index (Phi) is 6.69. The van der Waals surface area contributed by atoms with E-state index < -0.39 is 0 Å². The van der Waals surface area contributed by atoms with Crippen molar-refractivity contribution in [3.8, 4) is 5.75 Å². The van der Waals surface area contributed by atoms with Crippen molar-refractivity contribution in [1.82, 2.24) is 4.90 Å². The summed E-state index contributed by atoms with van der Waals surface area (Å²) in [4.78, 5) is 23.2. The topological polar surface area (TPSA) is 45.1 Å². The van der Waals surface area contributed by atoms with Crippen LogP contribution in [0, 0.1) is 0 Å². The molecule has 3 aromatic rings. The molecule has 0 unspecified atom stereocenters. The molecule has 0 aromatic heterocycles. The second-order valence-corrected chi connectivity index (χ2v) is 10.9. The van der Waals surface area contributed by atoms with Crippen molar-refractivity contribution in [2.75, 3.05) is 19.1 Å². The fraction of sp³-hybridized carbons (Fsp3) is 0.226. The number of aliphatic imine (C=N–C) groups is 1. The molecule has 0 aliphatic carbocycles. The number of fused-ring (bicyclic) bond motifs is 1. The minimum atomic E-state index is -0.0428. The van der Waals surface area contributed by atoms with Gasteiger partial charge in [0.15, 0.2) is 5.17 Å². The van der Waals surface area contributed by atoms with Gasteiger partial charge in [0.05, 0.1) is 29.8 Å². The molecule has 2 aliphatic heterocycles.